The van der Waals surface area contributed by atoms with Crippen molar-refractivity contribution >= 4 is 29.5 Å². The molecule has 6 heteroatoms. The summed E-state index contributed by atoms with van der Waals surface area (Å²) in [7, 11) is 0. The highest BCUT2D eigenvalue weighted by Gasteiger charge is 2.61. The van der Waals surface area contributed by atoms with E-state index in [4.69, 9.17) is 0 Å². The molecule has 0 aromatic heterocycles. The molecule has 5 atom stereocenters. The fourth-order valence-corrected chi connectivity index (χ4v) is 5.03. The summed E-state index contributed by atoms with van der Waals surface area (Å²) in [6.07, 6.45) is 7.61. The van der Waals surface area contributed by atoms with Gasteiger partial charge in [0.25, 0.3) is 0 Å². The van der Waals surface area contributed by atoms with Crippen LogP contribution in [0.25, 0.3) is 0 Å². The van der Waals surface area contributed by atoms with Gasteiger partial charge in [0.15, 0.2) is 0 Å². The van der Waals surface area contributed by atoms with Crippen LogP contribution in [0.1, 0.15) is 26.7 Å². The van der Waals surface area contributed by atoms with Gasteiger partial charge in [0.2, 0.25) is 17.7 Å². The van der Waals surface area contributed by atoms with Crippen LogP contribution in [-0.4, -0.2) is 58.7 Å². The Labute approximate surface area is 147 Å². The molecular weight excluding hydrogens is 324 g/mol. The SMILES string of the molecule is CCN(CC)C(=O)C(CCSC)N1C(=O)C2C3C=CC(C3)C2C1=O. The van der Waals surface area contributed by atoms with Gasteiger partial charge in [-0.1, -0.05) is 12.2 Å². The van der Waals surface area contributed by atoms with E-state index in [0.29, 0.717) is 19.5 Å². The second-order valence-electron chi connectivity index (χ2n) is 6.85. The number of carbonyl (C=O) groups is 3. The molecule has 0 aromatic carbocycles. The van der Waals surface area contributed by atoms with Crippen molar-refractivity contribution in [2.45, 2.75) is 32.7 Å². The first-order chi connectivity index (χ1) is 11.5. The summed E-state index contributed by atoms with van der Waals surface area (Å²) in [5, 5.41) is 0. The minimum Gasteiger partial charge on any atom is -0.341 e. The molecule has 3 rings (SSSR count). The van der Waals surface area contributed by atoms with E-state index >= 15 is 0 Å². The van der Waals surface area contributed by atoms with Gasteiger partial charge in [-0.25, -0.2) is 0 Å². The average Bonchev–Trinajstić information content (AvgIpc) is 3.25. The maximum Gasteiger partial charge on any atom is 0.245 e. The molecule has 3 amide bonds. The topological polar surface area (TPSA) is 57.7 Å². The van der Waals surface area contributed by atoms with Crippen molar-refractivity contribution in [1.82, 2.24) is 9.80 Å². The third-order valence-corrected chi connectivity index (χ3v) is 6.42. The maximum absolute atomic E-state index is 13.0. The molecule has 2 bridgehead atoms. The van der Waals surface area contributed by atoms with Crippen LogP contribution in [-0.2, 0) is 14.4 Å². The third-order valence-electron chi connectivity index (χ3n) is 5.77. The van der Waals surface area contributed by atoms with E-state index in [9.17, 15) is 14.4 Å². The molecule has 1 heterocycles. The first-order valence-corrected chi connectivity index (χ1v) is 10.3. The second-order valence-corrected chi connectivity index (χ2v) is 7.84. The molecule has 2 aliphatic carbocycles. The van der Waals surface area contributed by atoms with Crippen LogP contribution in [0.15, 0.2) is 12.2 Å². The number of nitrogens with zero attached hydrogens (tertiary/aromatic N) is 2. The lowest BCUT2D eigenvalue weighted by molar-refractivity contribution is -0.152. The van der Waals surface area contributed by atoms with E-state index < -0.39 is 6.04 Å². The van der Waals surface area contributed by atoms with E-state index in [1.807, 2.05) is 20.1 Å². The molecule has 0 spiro atoms. The second kappa shape index (κ2) is 6.90. The van der Waals surface area contributed by atoms with E-state index in [-0.39, 0.29) is 41.4 Å². The largest absolute Gasteiger partial charge is 0.341 e. The van der Waals surface area contributed by atoms with Crippen LogP contribution in [0.5, 0.6) is 0 Å². The van der Waals surface area contributed by atoms with Gasteiger partial charge in [-0.05, 0) is 50.5 Å². The molecular formula is C18H26N2O3S. The van der Waals surface area contributed by atoms with Gasteiger partial charge < -0.3 is 4.90 Å². The molecule has 0 radical (unpaired) electrons. The Morgan fingerprint density at radius 1 is 1.21 bits per heavy atom. The number of likely N-dealkylation sites (N-methyl/N-ethyl adjacent to an activating group) is 1. The highest BCUT2D eigenvalue weighted by molar-refractivity contribution is 7.98. The number of rotatable bonds is 7. The molecule has 5 unspecified atom stereocenters. The number of imide groups is 1. The quantitative estimate of drug-likeness (QED) is 0.519. The molecule has 24 heavy (non-hydrogen) atoms. The Bertz CT molecular complexity index is 543. The Kier molecular flexibility index (Phi) is 5.04. The van der Waals surface area contributed by atoms with E-state index in [1.165, 1.54) is 4.90 Å². The van der Waals surface area contributed by atoms with Crippen LogP contribution >= 0.6 is 11.8 Å². The van der Waals surface area contributed by atoms with Crippen LogP contribution in [0.2, 0.25) is 0 Å². The van der Waals surface area contributed by atoms with E-state index in [2.05, 4.69) is 12.2 Å². The standard InChI is InChI=1S/C18H26N2O3S/c1-4-19(5-2)16(21)13(8-9-24-3)20-17(22)14-11-6-7-12(10-11)15(14)18(20)23/h6-7,11-15H,4-5,8-10H2,1-3H3. The van der Waals surface area contributed by atoms with Crippen LogP contribution in [0, 0.1) is 23.7 Å². The summed E-state index contributed by atoms with van der Waals surface area (Å²) in [5.74, 6) is 0.354. The molecule has 5 nitrogen and oxygen atoms in total. The predicted molar refractivity (Wildman–Crippen MR) is 94.3 cm³/mol. The van der Waals surface area contributed by atoms with Gasteiger partial charge in [0.05, 0.1) is 11.8 Å². The minimum atomic E-state index is -0.637. The van der Waals surface area contributed by atoms with Crippen LogP contribution < -0.4 is 0 Å². The maximum atomic E-state index is 13.0. The third kappa shape index (κ3) is 2.59. The summed E-state index contributed by atoms with van der Waals surface area (Å²) >= 11 is 1.64. The zero-order valence-electron chi connectivity index (χ0n) is 14.6. The summed E-state index contributed by atoms with van der Waals surface area (Å²) < 4.78 is 0. The molecule has 0 aromatic rings. The number of thioether (sulfide) groups is 1. The van der Waals surface area contributed by atoms with Gasteiger partial charge >= 0.3 is 0 Å². The fraction of sp³-hybridized carbons (Fsp3) is 0.722. The van der Waals surface area contributed by atoms with Gasteiger partial charge in [-0.2, -0.15) is 11.8 Å². The number of fused-ring (bicyclic) bond motifs is 5. The van der Waals surface area contributed by atoms with Crippen molar-refractivity contribution < 1.29 is 14.4 Å². The Morgan fingerprint density at radius 2 is 1.75 bits per heavy atom. The summed E-state index contributed by atoms with van der Waals surface area (Å²) in [6.45, 7) is 5.06. The highest BCUT2D eigenvalue weighted by Crippen LogP contribution is 2.53. The normalized spacial score (nSPS) is 31.7. The monoisotopic (exact) mass is 350 g/mol. The number of likely N-dealkylation sites (tertiary alicyclic amines) is 1. The van der Waals surface area contributed by atoms with Crippen molar-refractivity contribution in [1.29, 1.82) is 0 Å². The molecule has 0 N–H and O–H groups in total. The summed E-state index contributed by atoms with van der Waals surface area (Å²) in [6, 6.07) is -0.637. The predicted octanol–water partition coefficient (Wildman–Crippen LogP) is 1.78. The van der Waals surface area contributed by atoms with E-state index in [1.54, 1.807) is 16.7 Å². The van der Waals surface area contributed by atoms with Crippen LogP contribution in [0.4, 0.5) is 0 Å². The molecule has 3 aliphatic rings. The number of amides is 3. The molecule has 2 fully saturated rings. The summed E-state index contributed by atoms with van der Waals surface area (Å²) in [5.41, 5.74) is 0. The smallest absolute Gasteiger partial charge is 0.245 e. The molecule has 1 saturated heterocycles. The van der Waals surface area contributed by atoms with Gasteiger partial charge in [0, 0.05) is 13.1 Å². The average molecular weight is 350 g/mol. The van der Waals surface area contributed by atoms with Crippen LogP contribution in [0.3, 0.4) is 0 Å². The Balaban J connectivity index is 1.86. The number of hydrogen-bond donors (Lipinski definition) is 0. The van der Waals surface area contributed by atoms with Crippen molar-refractivity contribution in [3.63, 3.8) is 0 Å². The fourth-order valence-electron chi connectivity index (χ4n) is 4.57. The first kappa shape index (κ1) is 17.5. The lowest BCUT2D eigenvalue weighted by Gasteiger charge is -2.31. The zero-order valence-corrected chi connectivity index (χ0v) is 15.4. The van der Waals surface area contributed by atoms with Gasteiger partial charge in [-0.15, -0.1) is 0 Å². The van der Waals surface area contributed by atoms with E-state index in [0.717, 1.165) is 12.2 Å². The summed E-state index contributed by atoms with van der Waals surface area (Å²) in [4.78, 5) is 42.0. The van der Waals surface area contributed by atoms with Crippen molar-refractivity contribution in [3.8, 4) is 0 Å². The Morgan fingerprint density at radius 3 is 2.21 bits per heavy atom. The highest BCUT2D eigenvalue weighted by atomic mass is 32.2. The molecule has 132 valence electrons. The molecule has 1 saturated carbocycles. The molecule has 1 aliphatic heterocycles. The Hall–Kier alpha value is -1.30. The number of carbonyl (C=O) groups excluding carboxylic acids is 3. The number of hydrogen-bond acceptors (Lipinski definition) is 4. The lowest BCUT2D eigenvalue weighted by atomic mass is 9.85. The van der Waals surface area contributed by atoms with Crippen molar-refractivity contribution in [3.05, 3.63) is 12.2 Å². The van der Waals surface area contributed by atoms with Crippen molar-refractivity contribution in [2.75, 3.05) is 25.1 Å². The van der Waals surface area contributed by atoms with Gasteiger partial charge in [0.1, 0.15) is 6.04 Å². The lowest BCUT2D eigenvalue weighted by Crippen LogP contribution is -2.52. The minimum absolute atomic E-state index is 0.0870. The first-order valence-electron chi connectivity index (χ1n) is 8.88. The van der Waals surface area contributed by atoms with Gasteiger partial charge in [-0.3, -0.25) is 19.3 Å². The number of allylic oxidation sites excluding steroid dienone is 2. The van der Waals surface area contributed by atoms with Crippen molar-refractivity contribution in [2.24, 2.45) is 23.7 Å². The zero-order chi connectivity index (χ0) is 17.4.